The lowest BCUT2D eigenvalue weighted by atomic mass is 9.88. The van der Waals surface area contributed by atoms with Crippen molar-refractivity contribution >= 4 is 16.8 Å². The van der Waals surface area contributed by atoms with Gasteiger partial charge in [-0.1, -0.05) is 30.3 Å². The van der Waals surface area contributed by atoms with Crippen LogP contribution in [0.15, 0.2) is 54.7 Å². The van der Waals surface area contributed by atoms with E-state index in [9.17, 15) is 4.79 Å². The highest BCUT2D eigenvalue weighted by molar-refractivity contribution is 5.86. The Hall–Kier alpha value is -2.83. The number of hydrogen-bond acceptors (Lipinski definition) is 4. The number of benzene rings is 2. The summed E-state index contributed by atoms with van der Waals surface area (Å²) in [4.78, 5) is 18.6. The molecule has 2 heterocycles. The number of aromatic nitrogens is 1. The van der Waals surface area contributed by atoms with Crippen LogP contribution in [0.5, 0.6) is 5.75 Å². The van der Waals surface area contributed by atoms with E-state index >= 15 is 0 Å². The SMILES string of the molecule is COc1ccc(C(CC(=O)NCCCN2CCOCC2)c2c[nH]c3ccccc23)cc1. The molecule has 2 N–H and O–H groups in total. The Bertz CT molecular complexity index is 977. The van der Waals surface area contributed by atoms with Crippen LogP contribution in [-0.2, 0) is 9.53 Å². The molecule has 1 aliphatic rings. The van der Waals surface area contributed by atoms with E-state index in [-0.39, 0.29) is 11.8 Å². The van der Waals surface area contributed by atoms with E-state index in [1.54, 1.807) is 7.11 Å². The highest BCUT2D eigenvalue weighted by Crippen LogP contribution is 2.34. The summed E-state index contributed by atoms with van der Waals surface area (Å²) in [5.41, 5.74) is 3.33. The van der Waals surface area contributed by atoms with Crippen molar-refractivity contribution in [1.29, 1.82) is 0 Å². The summed E-state index contributed by atoms with van der Waals surface area (Å²) in [6.45, 7) is 5.26. The number of aromatic amines is 1. The molecule has 6 nitrogen and oxygen atoms in total. The number of morpholine rings is 1. The number of ether oxygens (including phenoxy) is 2. The lowest BCUT2D eigenvalue weighted by Gasteiger charge is -2.26. The third-order valence-electron chi connectivity index (χ3n) is 5.98. The maximum atomic E-state index is 12.9. The Morgan fingerprint density at radius 2 is 1.94 bits per heavy atom. The largest absolute Gasteiger partial charge is 0.497 e. The third-order valence-corrected chi connectivity index (χ3v) is 5.98. The first-order valence-corrected chi connectivity index (χ1v) is 11.0. The number of carbonyl (C=O) groups is 1. The first kappa shape index (κ1) is 21.4. The van der Waals surface area contributed by atoms with Gasteiger partial charge in [0.05, 0.1) is 20.3 Å². The molecule has 0 aliphatic carbocycles. The summed E-state index contributed by atoms with van der Waals surface area (Å²) in [6, 6.07) is 16.2. The van der Waals surface area contributed by atoms with E-state index in [1.165, 1.54) is 0 Å². The second-order valence-corrected chi connectivity index (χ2v) is 7.98. The van der Waals surface area contributed by atoms with E-state index in [4.69, 9.17) is 9.47 Å². The number of carbonyl (C=O) groups excluding carboxylic acids is 1. The van der Waals surface area contributed by atoms with Crippen LogP contribution in [0, 0.1) is 0 Å². The Kier molecular flexibility index (Phi) is 7.22. The average molecular weight is 422 g/mol. The van der Waals surface area contributed by atoms with Gasteiger partial charge < -0.3 is 19.8 Å². The molecule has 3 aromatic rings. The molecule has 0 saturated carbocycles. The van der Waals surface area contributed by atoms with Gasteiger partial charge in [-0.3, -0.25) is 9.69 Å². The molecule has 1 aliphatic heterocycles. The van der Waals surface area contributed by atoms with Crippen LogP contribution in [0.4, 0.5) is 0 Å². The van der Waals surface area contributed by atoms with Gasteiger partial charge in [-0.2, -0.15) is 0 Å². The highest BCUT2D eigenvalue weighted by Gasteiger charge is 2.21. The van der Waals surface area contributed by atoms with Gasteiger partial charge in [0, 0.05) is 49.1 Å². The summed E-state index contributed by atoms with van der Waals surface area (Å²) in [5, 5.41) is 4.28. The average Bonchev–Trinajstić information content (AvgIpc) is 3.25. The van der Waals surface area contributed by atoms with E-state index in [2.05, 4.69) is 39.5 Å². The maximum absolute atomic E-state index is 12.9. The molecule has 1 saturated heterocycles. The Balaban J connectivity index is 1.43. The number of nitrogens with zero attached hydrogens (tertiary/aromatic N) is 1. The predicted molar refractivity (Wildman–Crippen MR) is 123 cm³/mol. The Labute approximate surface area is 183 Å². The van der Waals surface area contributed by atoms with Crippen LogP contribution in [0.25, 0.3) is 10.9 Å². The molecule has 6 heteroatoms. The van der Waals surface area contributed by atoms with Crippen LogP contribution in [0.2, 0.25) is 0 Å². The minimum absolute atomic E-state index is 0.0266. The van der Waals surface area contributed by atoms with Gasteiger partial charge in [-0.25, -0.2) is 0 Å². The number of nitrogens with one attached hydrogen (secondary N) is 2. The van der Waals surface area contributed by atoms with Crippen molar-refractivity contribution in [3.05, 3.63) is 65.9 Å². The second-order valence-electron chi connectivity index (χ2n) is 7.98. The van der Waals surface area contributed by atoms with Crippen LogP contribution >= 0.6 is 0 Å². The zero-order valence-corrected chi connectivity index (χ0v) is 18.1. The summed E-state index contributed by atoms with van der Waals surface area (Å²) in [7, 11) is 1.66. The van der Waals surface area contributed by atoms with Crippen molar-refractivity contribution in [1.82, 2.24) is 15.2 Å². The minimum atomic E-state index is -0.0266. The minimum Gasteiger partial charge on any atom is -0.497 e. The fraction of sp³-hybridized carbons (Fsp3) is 0.400. The molecule has 1 atom stereocenters. The van der Waals surface area contributed by atoms with Gasteiger partial charge in [0.25, 0.3) is 0 Å². The fourth-order valence-corrected chi connectivity index (χ4v) is 4.24. The molecular weight excluding hydrogens is 390 g/mol. The first-order valence-electron chi connectivity index (χ1n) is 11.0. The molecule has 164 valence electrons. The molecule has 2 aromatic carbocycles. The molecule has 0 bridgehead atoms. The van der Waals surface area contributed by atoms with Crippen LogP contribution < -0.4 is 10.1 Å². The molecule has 1 unspecified atom stereocenters. The van der Waals surface area contributed by atoms with Gasteiger partial charge in [-0.15, -0.1) is 0 Å². The summed E-state index contributed by atoms with van der Waals surface area (Å²) >= 11 is 0. The van der Waals surface area contributed by atoms with Gasteiger partial charge in [-0.05, 0) is 42.3 Å². The normalized spacial score (nSPS) is 15.6. The number of amides is 1. The van der Waals surface area contributed by atoms with Crippen molar-refractivity contribution < 1.29 is 14.3 Å². The highest BCUT2D eigenvalue weighted by atomic mass is 16.5. The number of fused-ring (bicyclic) bond motifs is 1. The summed E-state index contributed by atoms with van der Waals surface area (Å²) in [5.74, 6) is 0.864. The molecule has 1 amide bonds. The lowest BCUT2D eigenvalue weighted by Crippen LogP contribution is -2.38. The second kappa shape index (κ2) is 10.5. The standard InChI is InChI=1S/C25H31N3O3/c1-30-20-9-7-19(8-10-20)22(23-18-27-24-6-3-2-5-21(23)24)17-25(29)26-11-4-12-28-13-15-31-16-14-28/h2-3,5-10,18,22,27H,4,11-17H2,1H3,(H,26,29). The number of hydrogen-bond donors (Lipinski definition) is 2. The van der Waals surface area contributed by atoms with Crippen LogP contribution in [0.1, 0.15) is 29.9 Å². The van der Waals surface area contributed by atoms with E-state index in [0.29, 0.717) is 13.0 Å². The zero-order chi connectivity index (χ0) is 21.5. The quantitative estimate of drug-likeness (QED) is 0.519. The zero-order valence-electron chi connectivity index (χ0n) is 18.1. The molecule has 4 rings (SSSR count). The summed E-state index contributed by atoms with van der Waals surface area (Å²) in [6.07, 6.45) is 3.39. The van der Waals surface area contributed by atoms with E-state index < -0.39 is 0 Å². The third kappa shape index (κ3) is 5.46. The van der Waals surface area contributed by atoms with Gasteiger partial charge >= 0.3 is 0 Å². The Morgan fingerprint density at radius 1 is 1.16 bits per heavy atom. The molecule has 31 heavy (non-hydrogen) atoms. The van der Waals surface area contributed by atoms with Crippen LogP contribution in [0.3, 0.4) is 0 Å². The van der Waals surface area contributed by atoms with Crippen molar-refractivity contribution in [2.75, 3.05) is 46.5 Å². The molecule has 0 radical (unpaired) electrons. The van der Waals surface area contributed by atoms with Gasteiger partial charge in [0.15, 0.2) is 0 Å². The van der Waals surface area contributed by atoms with Gasteiger partial charge in [0.1, 0.15) is 5.75 Å². The Morgan fingerprint density at radius 3 is 2.71 bits per heavy atom. The van der Waals surface area contributed by atoms with Crippen molar-refractivity contribution in [3.63, 3.8) is 0 Å². The van der Waals surface area contributed by atoms with Crippen molar-refractivity contribution in [2.45, 2.75) is 18.8 Å². The van der Waals surface area contributed by atoms with Crippen molar-refractivity contribution in [3.8, 4) is 5.75 Å². The molecule has 1 aromatic heterocycles. The topological polar surface area (TPSA) is 66.6 Å². The van der Waals surface area contributed by atoms with Crippen molar-refractivity contribution in [2.24, 2.45) is 0 Å². The molecule has 1 fully saturated rings. The molecule has 0 spiro atoms. The monoisotopic (exact) mass is 421 g/mol. The van der Waals surface area contributed by atoms with E-state index in [1.807, 2.05) is 30.5 Å². The number of methoxy groups -OCH3 is 1. The first-order chi connectivity index (χ1) is 15.2. The maximum Gasteiger partial charge on any atom is 0.220 e. The number of rotatable bonds is 9. The number of H-pyrrole nitrogens is 1. The number of para-hydroxylation sites is 1. The van der Waals surface area contributed by atoms with Gasteiger partial charge in [0.2, 0.25) is 5.91 Å². The molecular formula is C25H31N3O3. The van der Waals surface area contributed by atoms with E-state index in [0.717, 1.165) is 67.0 Å². The smallest absolute Gasteiger partial charge is 0.220 e. The van der Waals surface area contributed by atoms with Crippen LogP contribution in [-0.4, -0.2) is 62.3 Å². The predicted octanol–water partition coefficient (Wildman–Crippen LogP) is 3.54. The lowest BCUT2D eigenvalue weighted by molar-refractivity contribution is -0.121. The fourth-order valence-electron chi connectivity index (χ4n) is 4.24. The summed E-state index contributed by atoms with van der Waals surface area (Å²) < 4.78 is 10.7.